The highest BCUT2D eigenvalue weighted by Gasteiger charge is 2.19. The lowest BCUT2D eigenvalue weighted by Gasteiger charge is -2.31. The fourth-order valence-electron chi connectivity index (χ4n) is 2.84. The van der Waals surface area contributed by atoms with Gasteiger partial charge in [0.15, 0.2) is 0 Å². The van der Waals surface area contributed by atoms with Crippen LogP contribution in [0, 0.1) is 12.8 Å². The van der Waals surface area contributed by atoms with Crippen LogP contribution in [0.5, 0.6) is 0 Å². The Labute approximate surface area is 124 Å². The molecule has 3 heteroatoms. The Bertz CT molecular complexity index is 380. The van der Waals surface area contributed by atoms with Crippen LogP contribution in [0.25, 0.3) is 0 Å². The van der Waals surface area contributed by atoms with E-state index in [2.05, 4.69) is 50.9 Å². The average molecular weight is 280 g/mol. The fraction of sp³-hybridized carbons (Fsp3) is 0.765. The van der Waals surface area contributed by atoms with Gasteiger partial charge >= 0.3 is 0 Å². The molecule has 3 nitrogen and oxygen atoms in total. The first-order valence-electron chi connectivity index (χ1n) is 7.98. The van der Waals surface area contributed by atoms with E-state index in [-0.39, 0.29) is 0 Å². The Kier molecular flexibility index (Phi) is 7.31. The van der Waals surface area contributed by atoms with E-state index >= 15 is 0 Å². The molecular weight excluding hydrogens is 248 g/mol. The zero-order chi connectivity index (χ0) is 15.1. The number of nitrogens with zero attached hydrogens (tertiary/aromatic N) is 1. The molecule has 0 amide bonds. The van der Waals surface area contributed by atoms with E-state index in [4.69, 9.17) is 4.42 Å². The average Bonchev–Trinajstić information content (AvgIpc) is 2.71. The third-order valence-electron chi connectivity index (χ3n) is 3.85. The SMILES string of the molecule is CCC(CC)N(Cc1cc(CNC)oc1C)CC(C)C. The second-order valence-corrected chi connectivity index (χ2v) is 6.12. The summed E-state index contributed by atoms with van der Waals surface area (Å²) in [6.45, 7) is 14.2. The number of rotatable bonds is 9. The predicted octanol–water partition coefficient (Wildman–Crippen LogP) is 3.95. The Morgan fingerprint density at radius 2 is 1.90 bits per heavy atom. The summed E-state index contributed by atoms with van der Waals surface area (Å²) in [5, 5.41) is 3.15. The van der Waals surface area contributed by atoms with Crippen LogP contribution >= 0.6 is 0 Å². The third-order valence-corrected chi connectivity index (χ3v) is 3.85. The molecule has 1 N–H and O–H groups in total. The molecular formula is C17H32N2O. The predicted molar refractivity (Wildman–Crippen MR) is 85.8 cm³/mol. The zero-order valence-electron chi connectivity index (χ0n) is 14.1. The number of hydrogen-bond donors (Lipinski definition) is 1. The van der Waals surface area contributed by atoms with Gasteiger partial charge in [0.2, 0.25) is 0 Å². The van der Waals surface area contributed by atoms with Crippen molar-refractivity contribution in [2.45, 2.75) is 66.6 Å². The van der Waals surface area contributed by atoms with Gasteiger partial charge in [-0.2, -0.15) is 0 Å². The molecule has 0 fully saturated rings. The van der Waals surface area contributed by atoms with Crippen LogP contribution in [0.4, 0.5) is 0 Å². The molecule has 1 aromatic heterocycles. The Balaban J connectivity index is 2.82. The number of aryl methyl sites for hydroxylation is 1. The van der Waals surface area contributed by atoms with Gasteiger partial charge in [-0.15, -0.1) is 0 Å². The van der Waals surface area contributed by atoms with Crippen LogP contribution < -0.4 is 5.32 Å². The van der Waals surface area contributed by atoms with E-state index < -0.39 is 0 Å². The third kappa shape index (κ3) is 4.95. The molecule has 0 aliphatic carbocycles. The number of nitrogens with one attached hydrogen (secondary N) is 1. The monoisotopic (exact) mass is 280 g/mol. The largest absolute Gasteiger partial charge is 0.465 e. The van der Waals surface area contributed by atoms with Crippen molar-refractivity contribution in [1.82, 2.24) is 10.2 Å². The molecule has 0 aliphatic rings. The first kappa shape index (κ1) is 17.3. The molecule has 0 aliphatic heterocycles. The van der Waals surface area contributed by atoms with Gasteiger partial charge in [-0.25, -0.2) is 0 Å². The maximum atomic E-state index is 5.82. The fourth-order valence-corrected chi connectivity index (χ4v) is 2.84. The highest BCUT2D eigenvalue weighted by molar-refractivity contribution is 5.20. The van der Waals surface area contributed by atoms with Crippen LogP contribution in [0.2, 0.25) is 0 Å². The van der Waals surface area contributed by atoms with Crippen molar-refractivity contribution >= 4 is 0 Å². The van der Waals surface area contributed by atoms with Crippen molar-refractivity contribution in [2.24, 2.45) is 5.92 Å². The van der Waals surface area contributed by atoms with Crippen molar-refractivity contribution < 1.29 is 4.42 Å². The van der Waals surface area contributed by atoms with Crippen molar-refractivity contribution in [2.75, 3.05) is 13.6 Å². The van der Waals surface area contributed by atoms with E-state index in [1.807, 2.05) is 7.05 Å². The number of furan rings is 1. The Hall–Kier alpha value is -0.800. The summed E-state index contributed by atoms with van der Waals surface area (Å²) in [7, 11) is 1.95. The topological polar surface area (TPSA) is 28.4 Å². The van der Waals surface area contributed by atoms with E-state index in [9.17, 15) is 0 Å². The Morgan fingerprint density at radius 1 is 1.25 bits per heavy atom. The van der Waals surface area contributed by atoms with Crippen LogP contribution in [0.15, 0.2) is 10.5 Å². The highest BCUT2D eigenvalue weighted by atomic mass is 16.3. The maximum absolute atomic E-state index is 5.82. The molecule has 0 saturated carbocycles. The number of hydrogen-bond acceptors (Lipinski definition) is 3. The molecule has 1 aromatic rings. The van der Waals surface area contributed by atoms with Crippen LogP contribution in [0.3, 0.4) is 0 Å². The van der Waals surface area contributed by atoms with Gasteiger partial charge < -0.3 is 9.73 Å². The minimum absolute atomic E-state index is 0.666. The van der Waals surface area contributed by atoms with Gasteiger partial charge in [0.1, 0.15) is 11.5 Å². The molecule has 0 unspecified atom stereocenters. The first-order chi connectivity index (χ1) is 9.51. The summed E-state index contributed by atoms with van der Waals surface area (Å²) in [4.78, 5) is 2.62. The minimum atomic E-state index is 0.666. The van der Waals surface area contributed by atoms with Crippen molar-refractivity contribution in [3.63, 3.8) is 0 Å². The summed E-state index contributed by atoms with van der Waals surface area (Å²) < 4.78 is 5.82. The summed E-state index contributed by atoms with van der Waals surface area (Å²) in [6.07, 6.45) is 2.42. The molecule has 0 radical (unpaired) electrons. The molecule has 116 valence electrons. The molecule has 0 saturated heterocycles. The van der Waals surface area contributed by atoms with Gasteiger partial charge in [0.25, 0.3) is 0 Å². The van der Waals surface area contributed by atoms with Gasteiger partial charge in [0.05, 0.1) is 6.54 Å². The zero-order valence-corrected chi connectivity index (χ0v) is 14.1. The van der Waals surface area contributed by atoms with E-state index in [0.29, 0.717) is 12.0 Å². The smallest absolute Gasteiger partial charge is 0.118 e. The lowest BCUT2D eigenvalue weighted by atomic mass is 10.1. The summed E-state index contributed by atoms with van der Waals surface area (Å²) in [6, 6.07) is 2.88. The standard InChI is InChI=1S/C17H32N2O/c1-7-16(8-2)19(11-13(3)4)12-15-9-17(10-18-6)20-14(15)5/h9,13,16,18H,7-8,10-12H2,1-6H3. The van der Waals surface area contributed by atoms with Crippen molar-refractivity contribution in [3.05, 3.63) is 23.2 Å². The lowest BCUT2D eigenvalue weighted by molar-refractivity contribution is 0.156. The first-order valence-corrected chi connectivity index (χ1v) is 7.98. The van der Waals surface area contributed by atoms with Gasteiger partial charge in [-0.3, -0.25) is 4.90 Å². The van der Waals surface area contributed by atoms with E-state index in [0.717, 1.165) is 31.2 Å². The Morgan fingerprint density at radius 3 is 2.40 bits per heavy atom. The molecule has 1 rings (SSSR count). The molecule has 1 heterocycles. The highest BCUT2D eigenvalue weighted by Crippen LogP contribution is 2.20. The second-order valence-electron chi connectivity index (χ2n) is 6.12. The van der Waals surface area contributed by atoms with Crippen molar-refractivity contribution in [1.29, 1.82) is 0 Å². The molecule has 0 bridgehead atoms. The van der Waals surface area contributed by atoms with Gasteiger partial charge in [0, 0.05) is 24.7 Å². The van der Waals surface area contributed by atoms with Gasteiger partial charge in [-0.1, -0.05) is 27.7 Å². The summed E-state index contributed by atoms with van der Waals surface area (Å²) in [5.41, 5.74) is 1.34. The second kappa shape index (κ2) is 8.48. The lowest BCUT2D eigenvalue weighted by Crippen LogP contribution is -2.36. The molecule has 0 aromatic carbocycles. The van der Waals surface area contributed by atoms with Gasteiger partial charge in [-0.05, 0) is 38.8 Å². The van der Waals surface area contributed by atoms with E-state index in [1.54, 1.807) is 0 Å². The maximum Gasteiger partial charge on any atom is 0.118 e. The van der Waals surface area contributed by atoms with Crippen molar-refractivity contribution in [3.8, 4) is 0 Å². The normalized spacial score (nSPS) is 12.1. The molecule has 0 atom stereocenters. The summed E-state index contributed by atoms with van der Waals surface area (Å²) >= 11 is 0. The van der Waals surface area contributed by atoms with E-state index in [1.165, 1.54) is 18.4 Å². The molecule has 0 spiro atoms. The summed E-state index contributed by atoms with van der Waals surface area (Å²) in [5.74, 6) is 2.79. The minimum Gasteiger partial charge on any atom is -0.465 e. The van der Waals surface area contributed by atoms with Crippen LogP contribution in [-0.4, -0.2) is 24.5 Å². The molecule has 20 heavy (non-hydrogen) atoms. The quantitative estimate of drug-likeness (QED) is 0.742. The van der Waals surface area contributed by atoms with Crippen LogP contribution in [-0.2, 0) is 13.1 Å². The van der Waals surface area contributed by atoms with Crippen LogP contribution in [0.1, 0.15) is 57.6 Å².